The molecule has 2 N–H and O–H groups in total. The van der Waals surface area contributed by atoms with Crippen molar-refractivity contribution in [2.24, 2.45) is 0 Å². The first kappa shape index (κ1) is 16.8. The second kappa shape index (κ2) is 6.81. The Balaban J connectivity index is 1.61. The number of hydrogen-bond acceptors (Lipinski definition) is 3. The van der Waals surface area contributed by atoms with Crippen LogP contribution in [0.25, 0.3) is 0 Å². The Hall–Kier alpha value is -2.08. The summed E-state index contributed by atoms with van der Waals surface area (Å²) in [5.74, 6) is -0.145. The standard InChI is InChI=1S/C17H20ClN3O3/c1-10-9-21(7-6-11-2-3-12(18)8-13(10)11)15(22)5-4-14-16(23)20-17(24)19-14/h2-3,8,10,14H,4-7,9H2,1H3,(H2,19,20,23,24)/t10?,14-/m1/s1. The quantitative estimate of drug-likeness (QED) is 0.817. The van der Waals surface area contributed by atoms with E-state index in [1.165, 1.54) is 11.1 Å². The van der Waals surface area contributed by atoms with Gasteiger partial charge in [0.2, 0.25) is 5.91 Å². The van der Waals surface area contributed by atoms with E-state index in [2.05, 4.69) is 17.6 Å². The topological polar surface area (TPSA) is 78.5 Å². The molecule has 1 aromatic rings. The normalized spacial score (nSPS) is 23.3. The number of nitrogens with one attached hydrogen (secondary N) is 2. The maximum atomic E-state index is 12.5. The summed E-state index contributed by atoms with van der Waals surface area (Å²) in [7, 11) is 0. The van der Waals surface area contributed by atoms with Crippen molar-refractivity contribution >= 4 is 29.4 Å². The summed E-state index contributed by atoms with van der Waals surface area (Å²) in [5.41, 5.74) is 2.42. The summed E-state index contributed by atoms with van der Waals surface area (Å²) in [6, 6.07) is 4.79. The fourth-order valence-corrected chi connectivity index (χ4v) is 3.52. The van der Waals surface area contributed by atoms with Gasteiger partial charge in [-0.3, -0.25) is 14.9 Å². The third-order valence-electron chi connectivity index (χ3n) is 4.64. The van der Waals surface area contributed by atoms with Crippen LogP contribution in [-0.4, -0.2) is 41.9 Å². The van der Waals surface area contributed by atoms with Crippen LogP contribution >= 0.6 is 11.6 Å². The smallest absolute Gasteiger partial charge is 0.322 e. The average molecular weight is 350 g/mol. The van der Waals surface area contributed by atoms with Crippen LogP contribution in [0.2, 0.25) is 5.02 Å². The maximum Gasteiger partial charge on any atom is 0.322 e. The van der Waals surface area contributed by atoms with E-state index in [0.29, 0.717) is 24.5 Å². The number of fused-ring (bicyclic) bond motifs is 1. The second-order valence-electron chi connectivity index (χ2n) is 6.39. The molecule has 1 saturated heterocycles. The molecule has 2 atom stereocenters. The van der Waals surface area contributed by atoms with E-state index in [-0.39, 0.29) is 24.2 Å². The van der Waals surface area contributed by atoms with Crippen molar-refractivity contribution in [1.29, 1.82) is 0 Å². The van der Waals surface area contributed by atoms with Crippen molar-refractivity contribution in [1.82, 2.24) is 15.5 Å². The first-order chi connectivity index (χ1) is 11.4. The Morgan fingerprint density at radius 1 is 1.38 bits per heavy atom. The number of nitrogens with zero attached hydrogens (tertiary/aromatic N) is 1. The van der Waals surface area contributed by atoms with Crippen LogP contribution in [0.5, 0.6) is 0 Å². The van der Waals surface area contributed by atoms with Gasteiger partial charge < -0.3 is 10.2 Å². The third-order valence-corrected chi connectivity index (χ3v) is 4.88. The molecule has 2 aliphatic heterocycles. The van der Waals surface area contributed by atoms with Gasteiger partial charge in [0, 0.05) is 24.5 Å². The number of urea groups is 1. The first-order valence-electron chi connectivity index (χ1n) is 8.11. The van der Waals surface area contributed by atoms with Crippen LogP contribution in [0.4, 0.5) is 4.79 Å². The van der Waals surface area contributed by atoms with Gasteiger partial charge in [0.25, 0.3) is 5.91 Å². The Bertz CT molecular complexity index is 692. The highest BCUT2D eigenvalue weighted by molar-refractivity contribution is 6.30. The molecular weight excluding hydrogens is 330 g/mol. The summed E-state index contributed by atoms with van der Waals surface area (Å²) in [5, 5.41) is 5.41. The van der Waals surface area contributed by atoms with E-state index < -0.39 is 12.1 Å². The van der Waals surface area contributed by atoms with Gasteiger partial charge in [-0.2, -0.15) is 0 Å². The minimum absolute atomic E-state index is 0.00898. The molecule has 1 unspecified atom stereocenters. The lowest BCUT2D eigenvalue weighted by molar-refractivity contribution is -0.131. The highest BCUT2D eigenvalue weighted by Crippen LogP contribution is 2.28. The monoisotopic (exact) mass is 349 g/mol. The minimum atomic E-state index is -0.609. The molecule has 7 heteroatoms. The van der Waals surface area contributed by atoms with Crippen molar-refractivity contribution in [3.63, 3.8) is 0 Å². The summed E-state index contributed by atoms with van der Waals surface area (Å²) < 4.78 is 0. The lowest BCUT2D eigenvalue weighted by atomic mass is 9.95. The van der Waals surface area contributed by atoms with E-state index >= 15 is 0 Å². The van der Waals surface area contributed by atoms with Gasteiger partial charge in [-0.25, -0.2) is 4.79 Å². The Morgan fingerprint density at radius 3 is 2.88 bits per heavy atom. The van der Waals surface area contributed by atoms with Crippen molar-refractivity contribution in [2.45, 2.75) is 38.1 Å². The lowest BCUT2D eigenvalue weighted by Gasteiger charge is -2.23. The van der Waals surface area contributed by atoms with E-state index in [0.717, 1.165) is 6.42 Å². The number of benzene rings is 1. The summed E-state index contributed by atoms with van der Waals surface area (Å²) >= 11 is 6.09. The largest absolute Gasteiger partial charge is 0.342 e. The summed E-state index contributed by atoms with van der Waals surface area (Å²) in [6.45, 7) is 3.38. The number of carbonyl (C=O) groups is 3. The van der Waals surface area contributed by atoms with Crippen molar-refractivity contribution in [3.05, 3.63) is 34.3 Å². The predicted molar refractivity (Wildman–Crippen MR) is 89.8 cm³/mol. The molecule has 6 nitrogen and oxygen atoms in total. The first-order valence-corrected chi connectivity index (χ1v) is 8.49. The molecule has 128 valence electrons. The average Bonchev–Trinajstić information content (AvgIpc) is 2.77. The van der Waals surface area contributed by atoms with Crippen LogP contribution in [0, 0.1) is 0 Å². The maximum absolute atomic E-state index is 12.5. The highest BCUT2D eigenvalue weighted by Gasteiger charge is 2.30. The molecule has 0 radical (unpaired) electrons. The molecule has 1 aromatic carbocycles. The van der Waals surface area contributed by atoms with Crippen LogP contribution < -0.4 is 10.6 Å². The van der Waals surface area contributed by atoms with Crippen LogP contribution in [0.15, 0.2) is 18.2 Å². The van der Waals surface area contributed by atoms with Crippen molar-refractivity contribution in [3.8, 4) is 0 Å². The fraction of sp³-hybridized carbons (Fsp3) is 0.471. The SMILES string of the molecule is CC1CN(C(=O)CC[C@H]2NC(=O)NC2=O)CCc2ccc(Cl)cc21. The van der Waals surface area contributed by atoms with Gasteiger partial charge in [-0.15, -0.1) is 0 Å². The molecule has 1 fully saturated rings. The fourth-order valence-electron chi connectivity index (χ4n) is 3.34. The van der Waals surface area contributed by atoms with E-state index in [4.69, 9.17) is 11.6 Å². The second-order valence-corrected chi connectivity index (χ2v) is 6.82. The number of amides is 4. The number of halogens is 1. The van der Waals surface area contributed by atoms with Crippen LogP contribution in [0.1, 0.15) is 36.8 Å². The summed E-state index contributed by atoms with van der Waals surface area (Å²) in [6.07, 6.45) is 1.35. The van der Waals surface area contributed by atoms with E-state index in [1.54, 1.807) is 0 Å². The molecule has 2 heterocycles. The number of carbonyl (C=O) groups excluding carboxylic acids is 3. The highest BCUT2D eigenvalue weighted by atomic mass is 35.5. The Morgan fingerprint density at radius 2 is 2.17 bits per heavy atom. The van der Waals surface area contributed by atoms with Crippen molar-refractivity contribution < 1.29 is 14.4 Å². The van der Waals surface area contributed by atoms with Crippen LogP contribution in [-0.2, 0) is 16.0 Å². The van der Waals surface area contributed by atoms with E-state index in [9.17, 15) is 14.4 Å². The molecule has 24 heavy (non-hydrogen) atoms. The van der Waals surface area contributed by atoms with Gasteiger partial charge in [-0.05, 0) is 42.0 Å². The minimum Gasteiger partial charge on any atom is -0.342 e. The van der Waals surface area contributed by atoms with Gasteiger partial charge in [0.1, 0.15) is 6.04 Å². The van der Waals surface area contributed by atoms with Crippen molar-refractivity contribution in [2.75, 3.05) is 13.1 Å². The molecule has 0 spiro atoms. The molecule has 0 bridgehead atoms. The van der Waals surface area contributed by atoms with Crippen LogP contribution in [0.3, 0.4) is 0 Å². The Labute approximate surface area is 145 Å². The number of hydrogen-bond donors (Lipinski definition) is 2. The van der Waals surface area contributed by atoms with Gasteiger partial charge in [0.05, 0.1) is 0 Å². The molecular formula is C17H20ClN3O3. The number of rotatable bonds is 3. The summed E-state index contributed by atoms with van der Waals surface area (Å²) in [4.78, 5) is 37.0. The zero-order valence-electron chi connectivity index (χ0n) is 13.5. The zero-order valence-corrected chi connectivity index (χ0v) is 14.2. The molecule has 3 rings (SSSR count). The Kier molecular flexibility index (Phi) is 4.76. The lowest BCUT2D eigenvalue weighted by Crippen LogP contribution is -2.36. The molecule has 2 aliphatic rings. The molecule has 0 aliphatic carbocycles. The van der Waals surface area contributed by atoms with Gasteiger partial charge in [-0.1, -0.05) is 24.6 Å². The number of imide groups is 1. The predicted octanol–water partition coefficient (Wildman–Crippen LogP) is 1.82. The molecule has 0 saturated carbocycles. The van der Waals surface area contributed by atoms with E-state index in [1.807, 2.05) is 23.1 Å². The van der Waals surface area contributed by atoms with Gasteiger partial charge >= 0.3 is 6.03 Å². The third kappa shape index (κ3) is 3.53. The zero-order chi connectivity index (χ0) is 17.3. The molecule has 4 amide bonds. The van der Waals surface area contributed by atoms with Gasteiger partial charge in [0.15, 0.2) is 0 Å². The molecule has 0 aromatic heterocycles.